The van der Waals surface area contributed by atoms with Crippen LogP contribution in [-0.2, 0) is 0 Å². The normalized spacial score (nSPS) is 12.1. The molecule has 9 aromatic rings. The molecule has 0 aliphatic rings. The van der Waals surface area contributed by atoms with E-state index in [2.05, 4.69) is 148 Å². The van der Waals surface area contributed by atoms with E-state index in [1.165, 1.54) is 27.9 Å². The van der Waals surface area contributed by atoms with Crippen molar-refractivity contribution in [3.8, 4) is 39.5 Å². The van der Waals surface area contributed by atoms with Crippen LogP contribution in [0.4, 0.5) is 0 Å². The molecule has 9 rings (SSSR count). The van der Waals surface area contributed by atoms with Gasteiger partial charge in [-0.3, -0.25) is 4.57 Å². The first-order valence-electron chi connectivity index (χ1n) is 17.5. The minimum Gasteiger partial charge on any atom is -0.456 e. The van der Waals surface area contributed by atoms with Crippen molar-refractivity contribution in [1.29, 1.82) is 0 Å². The predicted octanol–water partition coefficient (Wildman–Crippen LogP) is 13.2. The smallest absolute Gasteiger partial charge is 0.149 e. The van der Waals surface area contributed by atoms with E-state index in [4.69, 9.17) is 13.8 Å². The van der Waals surface area contributed by atoms with Crippen molar-refractivity contribution >= 4 is 43.9 Å². The molecule has 6 aromatic carbocycles. The lowest BCUT2D eigenvalue weighted by Gasteiger charge is -2.24. The Morgan fingerprint density at radius 2 is 1.18 bits per heavy atom. The number of nitrogens with zero attached hydrogens (tertiary/aromatic N) is 2. The molecule has 3 heterocycles. The van der Waals surface area contributed by atoms with E-state index in [9.17, 15) is 0 Å². The Hall–Kier alpha value is -5.87. The Labute approximate surface area is 291 Å². The van der Waals surface area contributed by atoms with Crippen molar-refractivity contribution in [2.75, 3.05) is 0 Å². The fourth-order valence-electron chi connectivity index (χ4n) is 7.60. The highest BCUT2D eigenvalue weighted by Gasteiger charge is 2.26. The number of imidazole rings is 1. The van der Waals surface area contributed by atoms with Gasteiger partial charge < -0.3 is 8.83 Å². The molecule has 50 heavy (non-hydrogen) atoms. The largest absolute Gasteiger partial charge is 0.456 e. The number of aryl methyl sites for hydroxylation is 1. The van der Waals surface area contributed by atoms with Gasteiger partial charge in [0, 0.05) is 27.3 Å². The molecule has 0 radical (unpaired) electrons. The second kappa shape index (κ2) is 11.6. The van der Waals surface area contributed by atoms with Gasteiger partial charge in [-0.05, 0) is 83.5 Å². The van der Waals surface area contributed by atoms with Crippen molar-refractivity contribution in [3.05, 3.63) is 144 Å². The summed E-state index contributed by atoms with van der Waals surface area (Å²) in [4.78, 5) is 5.35. The van der Waals surface area contributed by atoms with E-state index in [0.29, 0.717) is 0 Å². The number of hydrogen-bond donors (Lipinski definition) is 0. The Morgan fingerprint density at radius 1 is 0.560 bits per heavy atom. The van der Waals surface area contributed by atoms with Crippen LogP contribution >= 0.6 is 0 Å². The molecular weight excluding hydrogens is 613 g/mol. The molecule has 3 aromatic heterocycles. The zero-order valence-electron chi connectivity index (χ0n) is 29.0. The number of aromatic nitrogens is 2. The Bertz CT molecular complexity index is 2680. The Kier molecular flexibility index (Phi) is 7.03. The fraction of sp³-hybridized carbons (Fsp3) is 0.152. The molecule has 0 aliphatic carbocycles. The zero-order valence-corrected chi connectivity index (χ0v) is 29.0. The SMILES string of the molecule is Cc1c(-c2ccccc2)oc2cc3c(cc12)oc1c(-c2nc4ccccc4n2-c2c(C(C)C)cc(-c4ccccc4)cc2C(C)C)cccc13. The van der Waals surface area contributed by atoms with Crippen molar-refractivity contribution in [3.63, 3.8) is 0 Å². The zero-order chi connectivity index (χ0) is 34.1. The van der Waals surface area contributed by atoms with Gasteiger partial charge in [-0.2, -0.15) is 0 Å². The van der Waals surface area contributed by atoms with Crippen LogP contribution in [-0.4, -0.2) is 9.55 Å². The number of rotatable bonds is 6. The van der Waals surface area contributed by atoms with Gasteiger partial charge in [0.2, 0.25) is 0 Å². The molecule has 0 aliphatic heterocycles. The van der Waals surface area contributed by atoms with Crippen LogP contribution in [0, 0.1) is 6.92 Å². The van der Waals surface area contributed by atoms with Crippen LogP contribution in [0.25, 0.3) is 83.5 Å². The van der Waals surface area contributed by atoms with E-state index in [1.54, 1.807) is 0 Å². The highest BCUT2D eigenvalue weighted by Crippen LogP contribution is 2.44. The minimum absolute atomic E-state index is 0.279. The van der Waals surface area contributed by atoms with Crippen molar-refractivity contribution in [2.45, 2.75) is 46.5 Å². The molecule has 0 saturated heterocycles. The van der Waals surface area contributed by atoms with Crippen molar-refractivity contribution in [1.82, 2.24) is 9.55 Å². The topological polar surface area (TPSA) is 44.1 Å². The molecule has 4 nitrogen and oxygen atoms in total. The summed E-state index contributed by atoms with van der Waals surface area (Å²) in [5.41, 5.74) is 13.9. The highest BCUT2D eigenvalue weighted by atomic mass is 16.3. The molecule has 244 valence electrons. The van der Waals surface area contributed by atoms with Crippen LogP contribution in [0.15, 0.2) is 136 Å². The number of benzene rings is 6. The monoisotopic (exact) mass is 650 g/mol. The first-order chi connectivity index (χ1) is 24.4. The van der Waals surface area contributed by atoms with Crippen molar-refractivity contribution in [2.24, 2.45) is 0 Å². The standard InChI is InChI=1S/C46H38N2O2/c1-27(2)35-23-32(30-15-8-6-9-16-30)24-36(28(3)4)43(35)48-40-22-13-12-21-39(40)47-46(48)34-20-14-19-33-38-26-41-37(25-42(38)50-45(33)34)29(5)44(49-41)31-17-10-7-11-18-31/h6-28H,1-5H3. The van der Waals surface area contributed by atoms with Gasteiger partial charge in [-0.15, -0.1) is 0 Å². The number of para-hydroxylation sites is 3. The molecule has 0 atom stereocenters. The minimum atomic E-state index is 0.279. The summed E-state index contributed by atoms with van der Waals surface area (Å²) < 4.78 is 15.7. The lowest BCUT2D eigenvalue weighted by molar-refractivity contribution is 0.629. The Balaban J connectivity index is 1.31. The van der Waals surface area contributed by atoms with Crippen molar-refractivity contribution < 1.29 is 8.83 Å². The average Bonchev–Trinajstić information content (AvgIpc) is 3.81. The van der Waals surface area contributed by atoms with Gasteiger partial charge >= 0.3 is 0 Å². The average molecular weight is 651 g/mol. The maximum Gasteiger partial charge on any atom is 0.149 e. The van der Waals surface area contributed by atoms with Gasteiger partial charge in [0.1, 0.15) is 28.3 Å². The summed E-state index contributed by atoms with van der Waals surface area (Å²) in [5.74, 6) is 2.33. The molecule has 0 fully saturated rings. The van der Waals surface area contributed by atoms with Gasteiger partial charge in [0.15, 0.2) is 0 Å². The molecule has 0 spiro atoms. The lowest BCUT2D eigenvalue weighted by Crippen LogP contribution is -2.09. The molecule has 0 amide bonds. The second-order valence-corrected chi connectivity index (χ2v) is 14.0. The maximum absolute atomic E-state index is 6.84. The molecule has 0 unspecified atom stereocenters. The van der Waals surface area contributed by atoms with E-state index in [1.807, 2.05) is 18.2 Å². The van der Waals surface area contributed by atoms with Crippen LogP contribution in [0.5, 0.6) is 0 Å². The summed E-state index contributed by atoms with van der Waals surface area (Å²) in [6, 6.07) is 44.9. The molecule has 0 bridgehead atoms. The number of hydrogen-bond acceptors (Lipinski definition) is 3. The third kappa shape index (κ3) is 4.70. The number of furan rings is 2. The molecule has 0 saturated carbocycles. The molecular formula is C46H38N2O2. The second-order valence-electron chi connectivity index (χ2n) is 14.0. The first-order valence-corrected chi connectivity index (χ1v) is 17.5. The van der Waals surface area contributed by atoms with E-state index in [0.717, 1.165) is 72.2 Å². The van der Waals surface area contributed by atoms with Gasteiger partial charge in [-0.1, -0.05) is 113 Å². The van der Waals surface area contributed by atoms with Crippen LogP contribution in [0.2, 0.25) is 0 Å². The molecule has 4 heteroatoms. The molecule has 0 N–H and O–H groups in total. The van der Waals surface area contributed by atoms with E-state index < -0.39 is 0 Å². The van der Waals surface area contributed by atoms with E-state index >= 15 is 0 Å². The fourth-order valence-corrected chi connectivity index (χ4v) is 7.60. The Morgan fingerprint density at radius 3 is 1.88 bits per heavy atom. The van der Waals surface area contributed by atoms with Crippen LogP contribution in [0.3, 0.4) is 0 Å². The summed E-state index contributed by atoms with van der Waals surface area (Å²) in [6.07, 6.45) is 0. The lowest BCUT2D eigenvalue weighted by atomic mass is 9.88. The van der Waals surface area contributed by atoms with E-state index in [-0.39, 0.29) is 11.8 Å². The van der Waals surface area contributed by atoms with Gasteiger partial charge in [0.25, 0.3) is 0 Å². The summed E-state index contributed by atoms with van der Waals surface area (Å²) >= 11 is 0. The van der Waals surface area contributed by atoms with Crippen LogP contribution < -0.4 is 0 Å². The third-order valence-electron chi connectivity index (χ3n) is 10.1. The maximum atomic E-state index is 6.84. The number of fused-ring (bicyclic) bond motifs is 5. The predicted molar refractivity (Wildman–Crippen MR) is 207 cm³/mol. The third-order valence-corrected chi connectivity index (χ3v) is 10.1. The quantitative estimate of drug-likeness (QED) is 0.180. The summed E-state index contributed by atoms with van der Waals surface area (Å²) in [6.45, 7) is 11.3. The summed E-state index contributed by atoms with van der Waals surface area (Å²) in [7, 11) is 0. The van der Waals surface area contributed by atoms with Crippen LogP contribution in [0.1, 0.15) is 56.2 Å². The highest BCUT2D eigenvalue weighted by molar-refractivity contribution is 6.13. The summed E-state index contributed by atoms with van der Waals surface area (Å²) in [5, 5.41) is 3.13. The van der Waals surface area contributed by atoms with Gasteiger partial charge in [0.05, 0.1) is 22.3 Å². The first kappa shape index (κ1) is 30.2. The van der Waals surface area contributed by atoms with Gasteiger partial charge in [-0.25, -0.2) is 4.98 Å².